The normalized spacial score (nSPS) is 16.9. The van der Waals surface area contributed by atoms with Crippen molar-refractivity contribution in [3.8, 4) is 0 Å². The minimum Gasteiger partial charge on any atom is -0.311 e. The lowest BCUT2D eigenvalue weighted by Gasteiger charge is -2.28. The molecule has 2 aromatic carbocycles. The molecule has 0 spiro atoms. The van der Waals surface area contributed by atoms with E-state index in [4.69, 9.17) is 0 Å². The van der Waals surface area contributed by atoms with E-state index < -0.39 is 11.7 Å². The van der Waals surface area contributed by atoms with E-state index in [0.717, 1.165) is 19.2 Å². The second-order valence-electron chi connectivity index (χ2n) is 6.46. The molecule has 25 heavy (non-hydrogen) atoms. The number of hydrogen-bond acceptors (Lipinski definition) is 2. The van der Waals surface area contributed by atoms with Gasteiger partial charge in [0, 0.05) is 19.1 Å². The van der Waals surface area contributed by atoms with Crippen LogP contribution >= 0.6 is 0 Å². The van der Waals surface area contributed by atoms with Gasteiger partial charge in [-0.3, -0.25) is 4.90 Å². The molecule has 0 amide bonds. The molecular weight excluding hydrogens is 325 g/mol. The molecule has 0 saturated carbocycles. The van der Waals surface area contributed by atoms with Gasteiger partial charge in [0.2, 0.25) is 0 Å². The monoisotopic (exact) mass is 348 g/mol. The first-order chi connectivity index (χ1) is 12.1. The summed E-state index contributed by atoms with van der Waals surface area (Å²) < 4.78 is 39.3. The van der Waals surface area contributed by atoms with Crippen LogP contribution in [0.15, 0.2) is 54.6 Å². The molecule has 1 atom stereocenters. The zero-order valence-electron chi connectivity index (χ0n) is 14.1. The topological polar surface area (TPSA) is 15.3 Å². The number of rotatable bonds is 6. The Morgan fingerprint density at radius 3 is 2.24 bits per heavy atom. The molecule has 0 aromatic heterocycles. The Morgan fingerprint density at radius 2 is 1.56 bits per heavy atom. The fourth-order valence-corrected chi connectivity index (χ4v) is 3.48. The van der Waals surface area contributed by atoms with Gasteiger partial charge in [0.05, 0.1) is 5.56 Å². The quantitative estimate of drug-likeness (QED) is 0.819. The van der Waals surface area contributed by atoms with E-state index in [1.165, 1.54) is 24.5 Å². The van der Waals surface area contributed by atoms with E-state index in [-0.39, 0.29) is 12.6 Å². The molecule has 1 fully saturated rings. The molecule has 1 aliphatic rings. The molecule has 2 nitrogen and oxygen atoms in total. The maximum atomic E-state index is 13.1. The minimum absolute atomic E-state index is 0.196. The molecule has 5 heteroatoms. The first-order valence-corrected chi connectivity index (χ1v) is 8.70. The summed E-state index contributed by atoms with van der Waals surface area (Å²) in [5.74, 6) is 0. The number of halogens is 3. The largest absolute Gasteiger partial charge is 0.416 e. The Morgan fingerprint density at radius 1 is 0.920 bits per heavy atom. The molecule has 1 heterocycles. The van der Waals surface area contributed by atoms with Crippen LogP contribution in [0.5, 0.6) is 0 Å². The van der Waals surface area contributed by atoms with Crippen molar-refractivity contribution in [2.45, 2.75) is 31.6 Å². The van der Waals surface area contributed by atoms with Crippen LogP contribution in [0.1, 0.15) is 35.6 Å². The Hall–Kier alpha value is -1.85. The molecule has 1 saturated heterocycles. The highest BCUT2D eigenvalue weighted by atomic mass is 19.4. The van der Waals surface area contributed by atoms with Gasteiger partial charge in [0.1, 0.15) is 0 Å². The van der Waals surface area contributed by atoms with Crippen molar-refractivity contribution in [2.24, 2.45) is 0 Å². The van der Waals surface area contributed by atoms with Gasteiger partial charge in [-0.15, -0.1) is 0 Å². The first-order valence-electron chi connectivity index (χ1n) is 8.70. The molecule has 0 bridgehead atoms. The van der Waals surface area contributed by atoms with Crippen molar-refractivity contribution < 1.29 is 13.2 Å². The summed E-state index contributed by atoms with van der Waals surface area (Å²) >= 11 is 0. The lowest BCUT2D eigenvalue weighted by atomic mass is 10.0. The second kappa shape index (κ2) is 8.02. The van der Waals surface area contributed by atoms with Crippen LogP contribution in [0.4, 0.5) is 13.2 Å². The number of benzene rings is 2. The average Bonchev–Trinajstić information content (AvgIpc) is 3.13. The first kappa shape index (κ1) is 18.0. The van der Waals surface area contributed by atoms with Gasteiger partial charge in [-0.05, 0) is 43.1 Å². The lowest BCUT2D eigenvalue weighted by Crippen LogP contribution is -2.34. The van der Waals surface area contributed by atoms with Gasteiger partial charge in [0.15, 0.2) is 0 Å². The zero-order valence-corrected chi connectivity index (χ0v) is 14.1. The smallest absolute Gasteiger partial charge is 0.311 e. The number of likely N-dealkylation sites (tertiary alicyclic amines) is 1. The molecular formula is C20H23F3N2. The Kier molecular flexibility index (Phi) is 5.76. The highest BCUT2D eigenvalue weighted by molar-refractivity contribution is 5.29. The Bertz CT molecular complexity index is 664. The Balaban J connectivity index is 1.68. The van der Waals surface area contributed by atoms with Crippen molar-refractivity contribution in [1.29, 1.82) is 0 Å². The van der Waals surface area contributed by atoms with E-state index in [1.807, 2.05) is 18.2 Å². The Labute approximate surface area is 146 Å². The van der Waals surface area contributed by atoms with Gasteiger partial charge < -0.3 is 5.32 Å². The minimum atomic E-state index is -4.31. The number of nitrogens with one attached hydrogen (secondary N) is 1. The highest BCUT2D eigenvalue weighted by Crippen LogP contribution is 2.32. The van der Waals surface area contributed by atoms with E-state index >= 15 is 0 Å². The van der Waals surface area contributed by atoms with Gasteiger partial charge in [0.25, 0.3) is 0 Å². The van der Waals surface area contributed by atoms with E-state index in [1.54, 1.807) is 12.1 Å². The molecule has 134 valence electrons. The molecule has 0 radical (unpaired) electrons. The number of hydrogen-bond donors (Lipinski definition) is 1. The predicted molar refractivity (Wildman–Crippen MR) is 93.1 cm³/mol. The molecule has 1 N–H and O–H groups in total. The third kappa shape index (κ3) is 4.61. The van der Waals surface area contributed by atoms with Crippen LogP contribution in [-0.2, 0) is 12.7 Å². The van der Waals surface area contributed by atoms with Gasteiger partial charge in [-0.25, -0.2) is 0 Å². The number of alkyl halides is 3. The van der Waals surface area contributed by atoms with Crippen LogP contribution in [-0.4, -0.2) is 24.5 Å². The molecule has 3 rings (SSSR count). The lowest BCUT2D eigenvalue weighted by molar-refractivity contribution is -0.138. The fraction of sp³-hybridized carbons (Fsp3) is 0.400. The molecule has 0 aliphatic carbocycles. The van der Waals surface area contributed by atoms with Crippen LogP contribution in [0.3, 0.4) is 0 Å². The summed E-state index contributed by atoms with van der Waals surface area (Å²) in [6.07, 6.45) is -1.95. The van der Waals surface area contributed by atoms with Gasteiger partial charge in [-0.2, -0.15) is 13.2 Å². The summed E-state index contributed by atoms with van der Waals surface area (Å²) in [5.41, 5.74) is 0.948. The SMILES string of the molecule is FC(F)(F)c1ccccc1CNCC(c1ccccc1)N1CCCC1. The summed E-state index contributed by atoms with van der Waals surface area (Å²) in [5, 5.41) is 3.25. The van der Waals surface area contributed by atoms with Gasteiger partial charge >= 0.3 is 6.18 Å². The molecule has 1 unspecified atom stereocenters. The average molecular weight is 348 g/mol. The van der Waals surface area contributed by atoms with Crippen LogP contribution in [0, 0.1) is 0 Å². The van der Waals surface area contributed by atoms with E-state index in [9.17, 15) is 13.2 Å². The van der Waals surface area contributed by atoms with Crippen molar-refractivity contribution in [3.63, 3.8) is 0 Å². The fourth-order valence-electron chi connectivity index (χ4n) is 3.48. The van der Waals surface area contributed by atoms with Crippen LogP contribution in [0.2, 0.25) is 0 Å². The standard InChI is InChI=1S/C20H23F3N2/c21-20(22,23)18-11-5-4-10-17(18)14-24-15-19(25-12-6-7-13-25)16-8-2-1-3-9-16/h1-5,8-11,19,24H,6-7,12-15H2. The van der Waals surface area contributed by atoms with Crippen LogP contribution in [0.25, 0.3) is 0 Å². The molecule has 1 aliphatic heterocycles. The van der Waals surface area contributed by atoms with Gasteiger partial charge in [-0.1, -0.05) is 48.5 Å². The maximum Gasteiger partial charge on any atom is 0.416 e. The zero-order chi connectivity index (χ0) is 17.7. The number of nitrogens with zero attached hydrogens (tertiary/aromatic N) is 1. The van der Waals surface area contributed by atoms with Crippen molar-refractivity contribution >= 4 is 0 Å². The van der Waals surface area contributed by atoms with E-state index in [2.05, 4.69) is 22.3 Å². The summed E-state index contributed by atoms with van der Waals surface area (Å²) in [7, 11) is 0. The van der Waals surface area contributed by atoms with Crippen LogP contribution < -0.4 is 5.32 Å². The van der Waals surface area contributed by atoms with Crippen molar-refractivity contribution in [2.75, 3.05) is 19.6 Å². The third-order valence-corrected chi connectivity index (χ3v) is 4.74. The highest BCUT2D eigenvalue weighted by Gasteiger charge is 2.32. The van der Waals surface area contributed by atoms with E-state index in [0.29, 0.717) is 12.1 Å². The second-order valence-corrected chi connectivity index (χ2v) is 6.46. The summed E-state index contributed by atoms with van der Waals surface area (Å²) in [6, 6.07) is 16.2. The molecule has 2 aromatic rings. The summed E-state index contributed by atoms with van der Waals surface area (Å²) in [4.78, 5) is 2.41. The summed E-state index contributed by atoms with van der Waals surface area (Å²) in [6.45, 7) is 2.93. The third-order valence-electron chi connectivity index (χ3n) is 4.74. The van der Waals surface area contributed by atoms with Crippen molar-refractivity contribution in [1.82, 2.24) is 10.2 Å². The predicted octanol–water partition coefficient (Wildman–Crippen LogP) is 4.63. The van der Waals surface area contributed by atoms with Crippen molar-refractivity contribution in [3.05, 3.63) is 71.3 Å². The maximum absolute atomic E-state index is 13.1.